The molecule has 1 aromatic heterocycles. The summed E-state index contributed by atoms with van der Waals surface area (Å²) in [5.41, 5.74) is 3.33. The van der Waals surface area contributed by atoms with Gasteiger partial charge >= 0.3 is 0 Å². The lowest BCUT2D eigenvalue weighted by atomic mass is 10.1. The van der Waals surface area contributed by atoms with E-state index in [4.69, 9.17) is 4.74 Å². The van der Waals surface area contributed by atoms with E-state index < -0.39 is 0 Å². The third-order valence-corrected chi connectivity index (χ3v) is 5.80. The zero-order chi connectivity index (χ0) is 20.8. The first-order valence-electron chi connectivity index (χ1n) is 9.56. The normalized spacial score (nSPS) is 11.9. The largest absolute Gasteiger partial charge is 0.497 e. The van der Waals surface area contributed by atoms with Crippen LogP contribution in [0.4, 0.5) is 0 Å². The number of rotatable bonds is 8. The van der Waals surface area contributed by atoms with Gasteiger partial charge in [-0.25, -0.2) is 0 Å². The molecule has 1 amide bonds. The summed E-state index contributed by atoms with van der Waals surface area (Å²) in [7, 11) is 3.54. The topological polar surface area (TPSA) is 69.0 Å². The van der Waals surface area contributed by atoms with Crippen LogP contribution < -0.4 is 10.1 Å². The lowest BCUT2D eigenvalue weighted by molar-refractivity contribution is -0.119. The van der Waals surface area contributed by atoms with Crippen LogP contribution in [0, 0.1) is 0 Å². The maximum Gasteiger partial charge on any atom is 0.230 e. The van der Waals surface area contributed by atoms with Crippen molar-refractivity contribution in [2.24, 2.45) is 7.05 Å². The maximum atomic E-state index is 12.4. The molecule has 1 atom stereocenters. The molecule has 1 heterocycles. The van der Waals surface area contributed by atoms with Gasteiger partial charge in [-0.3, -0.25) is 4.79 Å². The van der Waals surface area contributed by atoms with Gasteiger partial charge in [-0.05, 0) is 48.7 Å². The van der Waals surface area contributed by atoms with Crippen LogP contribution in [0.3, 0.4) is 0 Å². The number of nitrogens with one attached hydrogen (secondary N) is 1. The van der Waals surface area contributed by atoms with E-state index >= 15 is 0 Å². The van der Waals surface area contributed by atoms with Crippen molar-refractivity contribution in [1.29, 1.82) is 0 Å². The zero-order valence-corrected chi connectivity index (χ0v) is 18.0. The Kier molecular flexibility index (Phi) is 6.93. The van der Waals surface area contributed by atoms with Gasteiger partial charge < -0.3 is 14.6 Å². The van der Waals surface area contributed by atoms with Crippen LogP contribution >= 0.6 is 11.8 Å². The summed E-state index contributed by atoms with van der Waals surface area (Å²) in [5.74, 6) is 1.79. The lowest BCUT2D eigenvalue weighted by Gasteiger charge is -2.14. The third kappa shape index (κ3) is 5.17. The predicted molar refractivity (Wildman–Crippen MR) is 116 cm³/mol. The van der Waals surface area contributed by atoms with E-state index in [0.29, 0.717) is 5.16 Å². The van der Waals surface area contributed by atoms with Gasteiger partial charge in [-0.1, -0.05) is 43.0 Å². The van der Waals surface area contributed by atoms with Crippen LogP contribution in [0.5, 0.6) is 5.75 Å². The van der Waals surface area contributed by atoms with Gasteiger partial charge in [0.05, 0.1) is 18.9 Å². The fourth-order valence-corrected chi connectivity index (χ4v) is 3.69. The van der Waals surface area contributed by atoms with Crippen LogP contribution in [-0.2, 0) is 18.3 Å². The quantitative estimate of drug-likeness (QED) is 0.568. The van der Waals surface area contributed by atoms with E-state index in [2.05, 4.69) is 46.7 Å². The molecule has 0 unspecified atom stereocenters. The number of hydrogen-bond acceptors (Lipinski definition) is 5. The van der Waals surface area contributed by atoms with Gasteiger partial charge in [0.2, 0.25) is 5.91 Å². The van der Waals surface area contributed by atoms with Crippen LogP contribution in [0.15, 0.2) is 53.7 Å². The van der Waals surface area contributed by atoms with Gasteiger partial charge in [0, 0.05) is 12.6 Å². The summed E-state index contributed by atoms with van der Waals surface area (Å²) in [6, 6.07) is 16.0. The van der Waals surface area contributed by atoms with Crippen molar-refractivity contribution in [3.63, 3.8) is 0 Å². The standard InChI is InChI=1S/C22H26N4O2S/c1-5-16-6-8-17(9-7-16)15(2)23-20(27)14-29-22-25-24-21(26(22)3)18-10-12-19(28-4)13-11-18/h6-13,15H,5,14H2,1-4H3,(H,23,27)/t15-/m1/s1. The highest BCUT2D eigenvalue weighted by Crippen LogP contribution is 2.24. The number of hydrogen-bond donors (Lipinski definition) is 1. The summed E-state index contributed by atoms with van der Waals surface area (Å²) >= 11 is 1.37. The number of thioether (sulfide) groups is 1. The Hall–Kier alpha value is -2.80. The smallest absolute Gasteiger partial charge is 0.230 e. The molecule has 0 aliphatic carbocycles. The minimum atomic E-state index is -0.0386. The number of benzene rings is 2. The van der Waals surface area contributed by atoms with Gasteiger partial charge in [-0.15, -0.1) is 10.2 Å². The van der Waals surface area contributed by atoms with Crippen molar-refractivity contribution in [2.45, 2.75) is 31.5 Å². The second-order valence-corrected chi connectivity index (χ2v) is 7.71. The average molecular weight is 411 g/mol. The number of aromatic nitrogens is 3. The number of aryl methyl sites for hydroxylation is 1. The van der Waals surface area contributed by atoms with Crippen molar-refractivity contribution < 1.29 is 9.53 Å². The Morgan fingerprint density at radius 3 is 2.45 bits per heavy atom. The van der Waals surface area contributed by atoms with Crippen molar-refractivity contribution in [1.82, 2.24) is 20.1 Å². The summed E-state index contributed by atoms with van der Waals surface area (Å²) in [5, 5.41) is 12.2. The maximum absolute atomic E-state index is 12.4. The number of methoxy groups -OCH3 is 1. The summed E-state index contributed by atoms with van der Waals surface area (Å²) in [4.78, 5) is 12.4. The molecule has 0 bridgehead atoms. The van der Waals surface area contributed by atoms with E-state index in [1.54, 1.807) is 7.11 Å². The Balaban J connectivity index is 1.57. The van der Waals surface area contributed by atoms with Gasteiger partial charge in [0.25, 0.3) is 0 Å². The van der Waals surface area contributed by atoms with E-state index in [1.807, 2.05) is 42.8 Å². The van der Waals surface area contributed by atoms with Crippen molar-refractivity contribution in [3.05, 3.63) is 59.7 Å². The first-order chi connectivity index (χ1) is 14.0. The van der Waals surface area contributed by atoms with E-state index in [9.17, 15) is 4.79 Å². The number of ether oxygens (including phenoxy) is 1. The monoisotopic (exact) mass is 410 g/mol. The SMILES string of the molecule is CCc1ccc([C@@H](C)NC(=O)CSc2nnc(-c3ccc(OC)cc3)n2C)cc1. The van der Waals surface area contributed by atoms with E-state index in [1.165, 1.54) is 17.3 Å². The molecular formula is C22H26N4O2S. The average Bonchev–Trinajstić information content (AvgIpc) is 3.12. The number of carbonyl (C=O) groups is 1. The Bertz CT molecular complexity index is 952. The summed E-state index contributed by atoms with van der Waals surface area (Å²) in [6.45, 7) is 4.12. The first kappa shape index (κ1) is 20.9. The Morgan fingerprint density at radius 1 is 1.14 bits per heavy atom. The highest BCUT2D eigenvalue weighted by molar-refractivity contribution is 7.99. The molecule has 29 heavy (non-hydrogen) atoms. The molecular weight excluding hydrogens is 384 g/mol. The van der Waals surface area contributed by atoms with Crippen molar-refractivity contribution in [2.75, 3.05) is 12.9 Å². The molecule has 7 heteroatoms. The van der Waals surface area contributed by atoms with Crippen LogP contribution in [0.2, 0.25) is 0 Å². The minimum absolute atomic E-state index is 0.0314. The molecule has 6 nitrogen and oxygen atoms in total. The van der Waals surface area contributed by atoms with E-state index in [0.717, 1.165) is 29.1 Å². The molecule has 0 saturated carbocycles. The molecule has 0 saturated heterocycles. The summed E-state index contributed by atoms with van der Waals surface area (Å²) in [6.07, 6.45) is 1.01. The van der Waals surface area contributed by atoms with Crippen LogP contribution in [-0.4, -0.2) is 33.5 Å². The number of carbonyl (C=O) groups excluding carboxylic acids is 1. The zero-order valence-electron chi connectivity index (χ0n) is 17.2. The molecule has 3 aromatic rings. The molecule has 0 aliphatic heterocycles. The fraction of sp³-hybridized carbons (Fsp3) is 0.318. The third-order valence-electron chi connectivity index (χ3n) is 4.78. The molecule has 3 rings (SSSR count). The molecule has 0 fully saturated rings. The Morgan fingerprint density at radius 2 is 1.83 bits per heavy atom. The second kappa shape index (κ2) is 9.60. The van der Waals surface area contributed by atoms with Gasteiger partial charge in [-0.2, -0.15) is 0 Å². The van der Waals surface area contributed by atoms with Crippen LogP contribution in [0.25, 0.3) is 11.4 Å². The Labute approximate surface area is 175 Å². The van der Waals surface area contributed by atoms with Gasteiger partial charge in [0.15, 0.2) is 11.0 Å². The first-order valence-corrected chi connectivity index (χ1v) is 10.5. The van der Waals surface area contributed by atoms with Crippen molar-refractivity contribution >= 4 is 17.7 Å². The highest BCUT2D eigenvalue weighted by atomic mass is 32.2. The predicted octanol–water partition coefficient (Wildman–Crippen LogP) is 4.02. The van der Waals surface area contributed by atoms with E-state index in [-0.39, 0.29) is 17.7 Å². The summed E-state index contributed by atoms with van der Waals surface area (Å²) < 4.78 is 7.08. The minimum Gasteiger partial charge on any atom is -0.497 e. The fourth-order valence-electron chi connectivity index (χ4n) is 2.97. The second-order valence-electron chi connectivity index (χ2n) is 6.77. The lowest BCUT2D eigenvalue weighted by Crippen LogP contribution is -2.28. The molecule has 0 spiro atoms. The van der Waals surface area contributed by atoms with Crippen molar-refractivity contribution in [3.8, 4) is 17.1 Å². The number of amides is 1. The molecule has 0 radical (unpaired) electrons. The number of nitrogens with zero attached hydrogens (tertiary/aromatic N) is 3. The molecule has 0 aliphatic rings. The van der Waals surface area contributed by atoms with Gasteiger partial charge in [0.1, 0.15) is 5.75 Å². The highest BCUT2D eigenvalue weighted by Gasteiger charge is 2.14. The molecule has 152 valence electrons. The molecule has 2 aromatic carbocycles. The van der Waals surface area contributed by atoms with Crippen LogP contribution in [0.1, 0.15) is 31.0 Å². The molecule has 1 N–H and O–H groups in total.